The van der Waals surface area contributed by atoms with Gasteiger partial charge in [0.15, 0.2) is 5.13 Å². The van der Waals surface area contributed by atoms with Crippen LogP contribution in [0, 0.1) is 20.8 Å². The number of benzene rings is 1. The number of nitrogens with one attached hydrogen (secondary N) is 1. The van der Waals surface area contributed by atoms with Crippen LogP contribution in [0.1, 0.15) is 26.4 Å². The number of hydrogen-bond donors (Lipinski definition) is 1. The number of rotatable bonds is 3. The molecule has 2 aromatic heterocycles. The molecule has 1 aromatic carbocycles. The molecule has 0 unspecified atom stereocenters. The van der Waals surface area contributed by atoms with E-state index in [1.165, 1.54) is 28.7 Å². The van der Waals surface area contributed by atoms with E-state index in [0.29, 0.717) is 10.7 Å². The number of anilines is 1. The summed E-state index contributed by atoms with van der Waals surface area (Å²) in [6.07, 6.45) is 3.17. The lowest BCUT2D eigenvalue weighted by molar-refractivity contribution is 0.102. The number of pyridine rings is 1. The van der Waals surface area contributed by atoms with Crippen LogP contribution < -0.4 is 5.32 Å². The van der Waals surface area contributed by atoms with Crippen molar-refractivity contribution < 1.29 is 4.79 Å². The molecule has 0 fully saturated rings. The molecule has 0 atom stereocenters. The number of nitrogens with zero attached hydrogens (tertiary/aromatic N) is 2. The van der Waals surface area contributed by atoms with E-state index in [1.54, 1.807) is 12.3 Å². The third-order valence-corrected chi connectivity index (χ3v) is 5.08. The zero-order valence-electron chi connectivity index (χ0n) is 13.6. The Labute approximate surface area is 153 Å². The van der Waals surface area contributed by atoms with Crippen LogP contribution in [0.3, 0.4) is 0 Å². The van der Waals surface area contributed by atoms with Crippen LogP contribution in [0.2, 0.25) is 0 Å². The molecular weight excluding hydrogens is 386 g/mol. The molecule has 1 N–H and O–H groups in total. The van der Waals surface area contributed by atoms with Crippen molar-refractivity contribution in [1.82, 2.24) is 9.97 Å². The summed E-state index contributed by atoms with van der Waals surface area (Å²) in [6.45, 7) is 6.19. The van der Waals surface area contributed by atoms with E-state index in [9.17, 15) is 4.79 Å². The van der Waals surface area contributed by atoms with Gasteiger partial charge in [-0.2, -0.15) is 0 Å². The summed E-state index contributed by atoms with van der Waals surface area (Å²) in [4.78, 5) is 22.0. The number of aryl methyl sites for hydroxylation is 3. The molecule has 2 heterocycles. The average Bonchev–Trinajstić information content (AvgIpc) is 2.90. The molecule has 6 heteroatoms. The molecule has 3 rings (SSSR count). The molecule has 3 aromatic rings. The van der Waals surface area contributed by atoms with Crippen molar-refractivity contribution in [2.45, 2.75) is 20.8 Å². The van der Waals surface area contributed by atoms with Crippen LogP contribution >= 0.6 is 27.3 Å². The molecule has 4 nitrogen and oxygen atoms in total. The molecule has 122 valence electrons. The highest BCUT2D eigenvalue weighted by Crippen LogP contribution is 2.31. The lowest BCUT2D eigenvalue weighted by Crippen LogP contribution is -2.11. The smallest absolute Gasteiger partial charge is 0.259 e. The SMILES string of the molecule is Cc1ccc(-c2nc(NC(=O)c3cncc(Br)c3)sc2C)cc1C. The van der Waals surface area contributed by atoms with Gasteiger partial charge in [0.1, 0.15) is 0 Å². The van der Waals surface area contributed by atoms with Crippen LogP contribution in [0.4, 0.5) is 5.13 Å². The lowest BCUT2D eigenvalue weighted by Gasteiger charge is -2.04. The fourth-order valence-electron chi connectivity index (χ4n) is 2.31. The molecular formula is C18H16BrN3OS. The maximum atomic E-state index is 12.3. The second-order valence-electron chi connectivity index (χ2n) is 5.57. The Morgan fingerprint density at radius 1 is 1.12 bits per heavy atom. The molecule has 0 saturated carbocycles. The van der Waals surface area contributed by atoms with E-state index in [-0.39, 0.29) is 5.91 Å². The number of hydrogen-bond acceptors (Lipinski definition) is 4. The van der Waals surface area contributed by atoms with E-state index in [1.807, 2.05) is 6.92 Å². The monoisotopic (exact) mass is 401 g/mol. The largest absolute Gasteiger partial charge is 0.298 e. The highest BCUT2D eigenvalue weighted by Gasteiger charge is 2.14. The van der Waals surface area contributed by atoms with E-state index >= 15 is 0 Å². The minimum Gasteiger partial charge on any atom is -0.298 e. The van der Waals surface area contributed by atoms with Crippen molar-refractivity contribution >= 4 is 38.3 Å². The summed E-state index contributed by atoms with van der Waals surface area (Å²) in [7, 11) is 0. The summed E-state index contributed by atoms with van der Waals surface area (Å²) in [5.41, 5.74) is 4.94. The Morgan fingerprint density at radius 2 is 1.92 bits per heavy atom. The summed E-state index contributed by atoms with van der Waals surface area (Å²) in [5.74, 6) is -0.218. The fraction of sp³-hybridized carbons (Fsp3) is 0.167. The Hall–Kier alpha value is -2.05. The lowest BCUT2D eigenvalue weighted by atomic mass is 10.0. The third-order valence-electron chi connectivity index (χ3n) is 3.76. The van der Waals surface area contributed by atoms with Gasteiger partial charge < -0.3 is 0 Å². The first-order valence-electron chi connectivity index (χ1n) is 7.41. The molecule has 0 radical (unpaired) electrons. The van der Waals surface area contributed by atoms with Crippen molar-refractivity contribution in [1.29, 1.82) is 0 Å². The van der Waals surface area contributed by atoms with Gasteiger partial charge in [0, 0.05) is 27.3 Å². The van der Waals surface area contributed by atoms with Crippen LogP contribution in [0.25, 0.3) is 11.3 Å². The van der Waals surface area contributed by atoms with Gasteiger partial charge in [-0.15, -0.1) is 11.3 Å². The van der Waals surface area contributed by atoms with Crippen LogP contribution in [0.5, 0.6) is 0 Å². The van der Waals surface area contributed by atoms with Gasteiger partial charge in [0.25, 0.3) is 5.91 Å². The predicted molar refractivity (Wildman–Crippen MR) is 102 cm³/mol. The van der Waals surface area contributed by atoms with Crippen molar-refractivity contribution in [2.75, 3.05) is 5.32 Å². The highest BCUT2D eigenvalue weighted by atomic mass is 79.9. The Bertz CT molecular complexity index is 920. The van der Waals surface area contributed by atoms with Gasteiger partial charge in [-0.25, -0.2) is 4.98 Å². The van der Waals surface area contributed by atoms with E-state index in [4.69, 9.17) is 0 Å². The number of thiazole rings is 1. The number of carbonyl (C=O) groups excluding carboxylic acids is 1. The molecule has 0 aliphatic carbocycles. The van der Waals surface area contributed by atoms with Gasteiger partial charge in [0.2, 0.25) is 0 Å². The molecule has 1 amide bonds. The summed E-state index contributed by atoms with van der Waals surface area (Å²) >= 11 is 4.79. The second kappa shape index (κ2) is 6.83. The topological polar surface area (TPSA) is 54.9 Å². The van der Waals surface area contributed by atoms with Gasteiger partial charge in [-0.05, 0) is 60.0 Å². The van der Waals surface area contributed by atoms with Crippen LogP contribution in [0.15, 0.2) is 41.1 Å². The van der Waals surface area contributed by atoms with Gasteiger partial charge in [-0.3, -0.25) is 15.1 Å². The summed E-state index contributed by atoms with van der Waals surface area (Å²) in [5, 5.41) is 3.44. The third kappa shape index (κ3) is 3.55. The second-order valence-corrected chi connectivity index (χ2v) is 7.69. The van der Waals surface area contributed by atoms with Crippen molar-refractivity contribution in [3.05, 3.63) is 62.7 Å². The molecule has 0 saturated heterocycles. The Balaban J connectivity index is 1.86. The van der Waals surface area contributed by atoms with E-state index in [0.717, 1.165) is 20.6 Å². The molecule has 0 spiro atoms. The van der Waals surface area contributed by atoms with Gasteiger partial charge in [-0.1, -0.05) is 12.1 Å². The predicted octanol–water partition coefficient (Wildman–Crippen LogP) is 5.15. The molecule has 24 heavy (non-hydrogen) atoms. The normalized spacial score (nSPS) is 10.7. The minimum atomic E-state index is -0.218. The minimum absolute atomic E-state index is 0.218. The molecule has 0 aliphatic heterocycles. The standard InChI is InChI=1S/C18H16BrN3OS/c1-10-4-5-13(6-11(10)2)16-12(3)24-18(21-16)22-17(23)14-7-15(19)9-20-8-14/h4-9H,1-3H3,(H,21,22,23). The first-order valence-corrected chi connectivity index (χ1v) is 9.02. The fourth-order valence-corrected chi connectivity index (χ4v) is 3.51. The van der Waals surface area contributed by atoms with Gasteiger partial charge >= 0.3 is 0 Å². The summed E-state index contributed by atoms with van der Waals surface area (Å²) in [6, 6.07) is 8.01. The van der Waals surface area contributed by atoms with E-state index in [2.05, 4.69) is 63.3 Å². The number of halogens is 1. The summed E-state index contributed by atoms with van der Waals surface area (Å²) < 4.78 is 0.765. The quantitative estimate of drug-likeness (QED) is 0.660. The first-order chi connectivity index (χ1) is 11.4. The first kappa shape index (κ1) is 16.8. The highest BCUT2D eigenvalue weighted by molar-refractivity contribution is 9.10. The van der Waals surface area contributed by atoms with Crippen molar-refractivity contribution in [3.63, 3.8) is 0 Å². The maximum Gasteiger partial charge on any atom is 0.259 e. The number of carbonyl (C=O) groups is 1. The Morgan fingerprint density at radius 3 is 2.62 bits per heavy atom. The van der Waals surface area contributed by atoms with Crippen molar-refractivity contribution in [3.8, 4) is 11.3 Å². The van der Waals surface area contributed by atoms with E-state index < -0.39 is 0 Å². The molecule has 0 bridgehead atoms. The zero-order valence-corrected chi connectivity index (χ0v) is 16.0. The maximum absolute atomic E-state index is 12.3. The molecule has 0 aliphatic rings. The van der Waals surface area contributed by atoms with Gasteiger partial charge in [0.05, 0.1) is 11.3 Å². The van der Waals surface area contributed by atoms with Crippen molar-refractivity contribution in [2.24, 2.45) is 0 Å². The van der Waals surface area contributed by atoms with Crippen LogP contribution in [-0.2, 0) is 0 Å². The number of aromatic nitrogens is 2. The number of amides is 1. The van der Waals surface area contributed by atoms with Crippen LogP contribution in [-0.4, -0.2) is 15.9 Å². The zero-order chi connectivity index (χ0) is 17.3. The Kier molecular flexibility index (Phi) is 4.78. The average molecular weight is 402 g/mol.